The Labute approximate surface area is 79.5 Å². The maximum atomic E-state index is 11.0. The molecule has 0 saturated heterocycles. The van der Waals surface area contributed by atoms with Crippen molar-refractivity contribution in [1.82, 2.24) is 0 Å². The summed E-state index contributed by atoms with van der Waals surface area (Å²) in [6.07, 6.45) is 3.15. The molecule has 0 heterocycles. The summed E-state index contributed by atoms with van der Waals surface area (Å²) >= 11 is 0. The summed E-state index contributed by atoms with van der Waals surface area (Å²) in [5.41, 5.74) is 0. The first-order valence-electron chi connectivity index (χ1n) is 4.67. The van der Waals surface area contributed by atoms with Gasteiger partial charge in [0.25, 0.3) is 0 Å². The van der Waals surface area contributed by atoms with Gasteiger partial charge in [-0.15, -0.1) is 0 Å². The van der Waals surface area contributed by atoms with Crippen LogP contribution in [0, 0.1) is 0 Å². The van der Waals surface area contributed by atoms with Crippen molar-refractivity contribution >= 4 is 10.0 Å². The fraction of sp³-hybridized carbons (Fsp3) is 1.00. The molecule has 78 valence electrons. The number of nitrogens with two attached hydrogens (primary N) is 1. The van der Waals surface area contributed by atoms with Gasteiger partial charge < -0.3 is 4.74 Å². The van der Waals surface area contributed by atoms with Crippen LogP contribution in [0.4, 0.5) is 0 Å². The molecule has 2 N–H and O–H groups in total. The van der Waals surface area contributed by atoms with Crippen LogP contribution in [0.2, 0.25) is 0 Å². The Morgan fingerprint density at radius 2 is 1.85 bits per heavy atom. The van der Waals surface area contributed by atoms with Crippen LogP contribution >= 0.6 is 0 Å². The van der Waals surface area contributed by atoms with Crippen molar-refractivity contribution in [2.24, 2.45) is 5.14 Å². The Morgan fingerprint density at radius 3 is 2.23 bits per heavy atom. The second kappa shape index (κ2) is 4.39. The molecule has 0 unspecified atom stereocenters. The van der Waals surface area contributed by atoms with Crippen molar-refractivity contribution < 1.29 is 13.2 Å². The van der Waals surface area contributed by atoms with Gasteiger partial charge in [-0.05, 0) is 32.6 Å². The SMILES string of the molecule is CCOC1CCC(S(N)(=O)=O)CC1. The smallest absolute Gasteiger partial charge is 0.211 e. The number of hydrogen-bond donors (Lipinski definition) is 1. The third-order valence-corrected chi connectivity index (χ3v) is 3.89. The third-order valence-electron chi connectivity index (χ3n) is 2.49. The van der Waals surface area contributed by atoms with Gasteiger partial charge in [-0.1, -0.05) is 0 Å². The van der Waals surface area contributed by atoms with Crippen molar-refractivity contribution in [3.05, 3.63) is 0 Å². The molecule has 0 atom stereocenters. The Morgan fingerprint density at radius 1 is 1.31 bits per heavy atom. The lowest BCUT2D eigenvalue weighted by molar-refractivity contribution is 0.0375. The number of rotatable bonds is 3. The molecule has 0 radical (unpaired) electrons. The predicted octanol–water partition coefficient (Wildman–Crippen LogP) is 0.623. The van der Waals surface area contributed by atoms with Gasteiger partial charge in [0.1, 0.15) is 0 Å². The molecule has 5 heteroatoms. The van der Waals surface area contributed by atoms with E-state index in [0.29, 0.717) is 19.4 Å². The van der Waals surface area contributed by atoms with Crippen molar-refractivity contribution in [2.45, 2.75) is 44.0 Å². The van der Waals surface area contributed by atoms with Gasteiger partial charge in [-0.2, -0.15) is 0 Å². The average molecular weight is 207 g/mol. The zero-order valence-electron chi connectivity index (χ0n) is 7.90. The van der Waals surface area contributed by atoms with Gasteiger partial charge in [0.05, 0.1) is 11.4 Å². The summed E-state index contributed by atoms with van der Waals surface area (Å²) in [5.74, 6) is 0. The minimum atomic E-state index is -3.32. The number of primary sulfonamides is 1. The fourth-order valence-corrected chi connectivity index (χ4v) is 2.69. The molecule has 1 aliphatic carbocycles. The summed E-state index contributed by atoms with van der Waals surface area (Å²) < 4.78 is 27.4. The average Bonchev–Trinajstić information content (AvgIpc) is 2.04. The molecule has 0 aromatic heterocycles. The first-order chi connectivity index (χ1) is 6.04. The summed E-state index contributed by atoms with van der Waals surface area (Å²) in [5, 5.41) is 4.72. The zero-order chi connectivity index (χ0) is 9.90. The molecule has 0 aromatic carbocycles. The quantitative estimate of drug-likeness (QED) is 0.737. The van der Waals surface area contributed by atoms with E-state index in [9.17, 15) is 8.42 Å². The van der Waals surface area contributed by atoms with Gasteiger partial charge in [0.15, 0.2) is 0 Å². The van der Waals surface area contributed by atoms with Crippen molar-refractivity contribution in [3.63, 3.8) is 0 Å². The molecule has 0 amide bonds. The Hall–Kier alpha value is -0.130. The van der Waals surface area contributed by atoms with E-state index in [1.54, 1.807) is 0 Å². The number of sulfonamides is 1. The van der Waals surface area contributed by atoms with E-state index in [0.717, 1.165) is 12.8 Å². The molecule has 1 aliphatic rings. The first kappa shape index (κ1) is 10.9. The maximum Gasteiger partial charge on any atom is 0.211 e. The van der Waals surface area contributed by atoms with Gasteiger partial charge in [0, 0.05) is 6.61 Å². The lowest BCUT2D eigenvalue weighted by Crippen LogP contribution is -2.34. The summed E-state index contributed by atoms with van der Waals surface area (Å²) in [7, 11) is -3.32. The van der Waals surface area contributed by atoms with Crippen LogP contribution in [0.1, 0.15) is 32.6 Å². The second-order valence-corrected chi connectivity index (χ2v) is 5.29. The Bertz CT molecular complexity index is 242. The molecule has 1 fully saturated rings. The topological polar surface area (TPSA) is 69.4 Å². The fourth-order valence-electron chi connectivity index (χ4n) is 1.76. The van der Waals surface area contributed by atoms with Crippen LogP contribution in [0.5, 0.6) is 0 Å². The molecule has 0 aromatic rings. The maximum absolute atomic E-state index is 11.0. The minimum absolute atomic E-state index is 0.239. The molecular weight excluding hydrogens is 190 g/mol. The van der Waals surface area contributed by atoms with E-state index in [2.05, 4.69) is 0 Å². The van der Waals surface area contributed by atoms with E-state index >= 15 is 0 Å². The standard InChI is InChI=1S/C8H17NO3S/c1-2-12-7-3-5-8(6-4-7)13(9,10)11/h7-8H,2-6H2,1H3,(H2,9,10,11). The molecule has 0 spiro atoms. The van der Waals surface area contributed by atoms with Crippen molar-refractivity contribution in [3.8, 4) is 0 Å². The minimum Gasteiger partial charge on any atom is -0.379 e. The lowest BCUT2D eigenvalue weighted by Gasteiger charge is -2.26. The van der Waals surface area contributed by atoms with Crippen LogP contribution in [-0.2, 0) is 14.8 Å². The third kappa shape index (κ3) is 3.25. The van der Waals surface area contributed by atoms with Gasteiger partial charge in [0.2, 0.25) is 10.0 Å². The number of hydrogen-bond acceptors (Lipinski definition) is 3. The van der Waals surface area contributed by atoms with Crippen LogP contribution < -0.4 is 5.14 Å². The second-order valence-electron chi connectivity index (χ2n) is 3.44. The van der Waals surface area contributed by atoms with E-state index in [1.165, 1.54) is 0 Å². The van der Waals surface area contributed by atoms with Gasteiger partial charge >= 0.3 is 0 Å². The highest BCUT2D eigenvalue weighted by Gasteiger charge is 2.28. The molecular formula is C8H17NO3S. The highest BCUT2D eigenvalue weighted by Crippen LogP contribution is 2.24. The predicted molar refractivity (Wildman–Crippen MR) is 50.8 cm³/mol. The molecule has 13 heavy (non-hydrogen) atoms. The molecule has 0 bridgehead atoms. The summed E-state index contributed by atoms with van der Waals surface area (Å²) in [6.45, 7) is 2.65. The first-order valence-corrected chi connectivity index (χ1v) is 6.28. The zero-order valence-corrected chi connectivity index (χ0v) is 8.72. The molecule has 0 aliphatic heterocycles. The van der Waals surface area contributed by atoms with Crippen LogP contribution in [0.3, 0.4) is 0 Å². The number of ether oxygens (including phenoxy) is 1. The molecule has 1 saturated carbocycles. The Kier molecular flexibility index (Phi) is 3.70. The summed E-state index contributed by atoms with van der Waals surface area (Å²) in [4.78, 5) is 0. The van der Waals surface area contributed by atoms with E-state index < -0.39 is 10.0 Å². The molecule has 1 rings (SSSR count). The molecule has 4 nitrogen and oxygen atoms in total. The van der Waals surface area contributed by atoms with Gasteiger partial charge in [-0.3, -0.25) is 0 Å². The van der Waals surface area contributed by atoms with E-state index in [4.69, 9.17) is 9.88 Å². The van der Waals surface area contributed by atoms with Crippen molar-refractivity contribution in [1.29, 1.82) is 0 Å². The highest BCUT2D eigenvalue weighted by molar-refractivity contribution is 7.89. The van der Waals surface area contributed by atoms with Crippen molar-refractivity contribution in [2.75, 3.05) is 6.61 Å². The van der Waals surface area contributed by atoms with E-state index in [1.807, 2.05) is 6.92 Å². The monoisotopic (exact) mass is 207 g/mol. The lowest BCUT2D eigenvalue weighted by atomic mass is 9.97. The van der Waals surface area contributed by atoms with Crippen LogP contribution in [0.15, 0.2) is 0 Å². The normalized spacial score (nSPS) is 30.3. The van der Waals surface area contributed by atoms with Crippen LogP contribution in [0.25, 0.3) is 0 Å². The largest absolute Gasteiger partial charge is 0.379 e. The van der Waals surface area contributed by atoms with Crippen LogP contribution in [-0.4, -0.2) is 26.4 Å². The van der Waals surface area contributed by atoms with Gasteiger partial charge in [-0.25, -0.2) is 13.6 Å². The Balaban J connectivity index is 2.39. The highest BCUT2D eigenvalue weighted by atomic mass is 32.2. The van der Waals surface area contributed by atoms with E-state index in [-0.39, 0.29) is 11.4 Å². The summed E-state index contributed by atoms with van der Waals surface area (Å²) in [6, 6.07) is 0.